The number of rotatable bonds is 13. The molecule has 2 atom stereocenters. The quantitative estimate of drug-likeness (QED) is 0.224. The molecule has 2 fully saturated rings. The molecular formula is C34H40Cl3N3O5. The smallest absolute Gasteiger partial charge is 0.250 e. The number of aromatic nitrogens is 1. The van der Waals surface area contributed by atoms with Gasteiger partial charge in [-0.1, -0.05) is 46.9 Å². The number of nitrogens with one attached hydrogen (secondary N) is 1. The van der Waals surface area contributed by atoms with Crippen LogP contribution in [0.5, 0.6) is 5.75 Å². The van der Waals surface area contributed by atoms with Gasteiger partial charge in [-0.25, -0.2) is 0 Å². The maximum atomic E-state index is 14.2. The molecule has 3 aromatic rings. The molecule has 0 radical (unpaired) electrons. The molecule has 1 aliphatic heterocycles. The van der Waals surface area contributed by atoms with E-state index in [0.717, 1.165) is 36.0 Å². The molecule has 0 unspecified atom stereocenters. The van der Waals surface area contributed by atoms with Gasteiger partial charge in [-0.3, -0.25) is 9.59 Å². The summed E-state index contributed by atoms with van der Waals surface area (Å²) in [7, 11) is 1.67. The maximum Gasteiger partial charge on any atom is 0.250 e. The van der Waals surface area contributed by atoms with Gasteiger partial charge >= 0.3 is 0 Å². The van der Waals surface area contributed by atoms with E-state index in [9.17, 15) is 14.7 Å². The fraction of sp³-hybridized carbons (Fsp3) is 0.471. The molecule has 45 heavy (non-hydrogen) atoms. The zero-order valence-corrected chi connectivity index (χ0v) is 27.9. The van der Waals surface area contributed by atoms with Crippen molar-refractivity contribution in [2.75, 3.05) is 33.4 Å². The molecule has 1 saturated heterocycles. The zero-order valence-electron chi connectivity index (χ0n) is 25.7. The van der Waals surface area contributed by atoms with E-state index in [1.807, 2.05) is 30.0 Å². The Balaban J connectivity index is 1.29. The first-order chi connectivity index (χ1) is 21.6. The molecule has 242 valence electrons. The minimum atomic E-state index is -1.49. The minimum Gasteiger partial charge on any atom is -0.490 e. The van der Waals surface area contributed by atoms with E-state index in [1.165, 1.54) is 6.07 Å². The number of aryl methyl sites for hydroxylation is 2. The Bertz CT molecular complexity index is 1550. The number of carbonyl (C=O) groups excluding carboxylic acids is 1. The maximum absolute atomic E-state index is 14.2. The van der Waals surface area contributed by atoms with E-state index in [2.05, 4.69) is 5.32 Å². The van der Waals surface area contributed by atoms with Crippen molar-refractivity contribution in [3.8, 4) is 5.75 Å². The predicted octanol–water partition coefficient (Wildman–Crippen LogP) is 5.76. The Morgan fingerprint density at radius 3 is 2.53 bits per heavy atom. The van der Waals surface area contributed by atoms with Crippen LogP contribution in [0.25, 0.3) is 0 Å². The standard InChI is InChI=1S/C34H40Cl3N3O5/c1-22-16-29(36)32(30(37)17-22)45-14-3-12-39-13-8-25(19-31(39)41)34(43)10-11-38-20-27(34)33(42)40(26-5-6-26)21-24-18-23(9-15-44-2)4-7-28(24)35/h4,7-8,13,16-19,26-27,38,43H,3,5-6,9-12,14-15,20-21H2,1-2H3/t27-,34+/m1/s1. The summed E-state index contributed by atoms with van der Waals surface area (Å²) in [6.45, 7) is 4.42. The second-order valence-electron chi connectivity index (χ2n) is 12.0. The Morgan fingerprint density at radius 2 is 1.84 bits per heavy atom. The molecule has 0 bridgehead atoms. The van der Waals surface area contributed by atoms with E-state index in [1.54, 1.807) is 36.1 Å². The number of aliphatic hydroxyl groups is 1. The fourth-order valence-corrected chi connectivity index (χ4v) is 6.87. The van der Waals surface area contributed by atoms with Crippen molar-refractivity contribution in [3.05, 3.63) is 96.3 Å². The molecule has 1 saturated carbocycles. The zero-order chi connectivity index (χ0) is 32.1. The van der Waals surface area contributed by atoms with Gasteiger partial charge in [0.2, 0.25) is 5.91 Å². The summed E-state index contributed by atoms with van der Waals surface area (Å²) >= 11 is 19.1. The van der Waals surface area contributed by atoms with Gasteiger partial charge in [-0.2, -0.15) is 0 Å². The summed E-state index contributed by atoms with van der Waals surface area (Å²) in [4.78, 5) is 29.2. The number of benzene rings is 2. The highest BCUT2D eigenvalue weighted by atomic mass is 35.5. The Labute approximate surface area is 279 Å². The molecule has 11 heteroatoms. The van der Waals surface area contributed by atoms with Gasteiger partial charge in [0, 0.05) is 50.1 Å². The minimum absolute atomic E-state index is 0.0993. The summed E-state index contributed by atoms with van der Waals surface area (Å²) in [5.41, 5.74) is 1.61. The number of nitrogens with zero attached hydrogens (tertiary/aromatic N) is 2. The van der Waals surface area contributed by atoms with Crippen molar-refractivity contribution in [2.24, 2.45) is 5.92 Å². The lowest BCUT2D eigenvalue weighted by Gasteiger charge is -2.42. The topological polar surface area (TPSA) is 93.0 Å². The Hall–Kier alpha value is -2.59. The molecule has 5 rings (SSSR count). The number of hydrogen-bond acceptors (Lipinski definition) is 6. The van der Waals surface area contributed by atoms with E-state index < -0.39 is 11.5 Å². The molecule has 2 N–H and O–H groups in total. The van der Waals surface area contributed by atoms with Crippen LogP contribution in [0.2, 0.25) is 15.1 Å². The second kappa shape index (κ2) is 14.9. The highest BCUT2D eigenvalue weighted by Gasteiger charge is 2.48. The molecule has 2 aliphatic rings. The van der Waals surface area contributed by atoms with E-state index >= 15 is 0 Å². The molecule has 1 aromatic heterocycles. The first-order valence-electron chi connectivity index (χ1n) is 15.4. The monoisotopic (exact) mass is 675 g/mol. The van der Waals surface area contributed by atoms with Crippen LogP contribution in [0.4, 0.5) is 0 Å². The molecule has 8 nitrogen and oxygen atoms in total. The summed E-state index contributed by atoms with van der Waals surface area (Å²) in [6, 6.07) is 12.8. The lowest BCUT2D eigenvalue weighted by atomic mass is 9.76. The van der Waals surface area contributed by atoms with Crippen molar-refractivity contribution < 1.29 is 19.4 Å². The third-order valence-electron chi connectivity index (χ3n) is 8.65. The van der Waals surface area contributed by atoms with Crippen LogP contribution in [0.3, 0.4) is 0 Å². The number of pyridine rings is 1. The van der Waals surface area contributed by atoms with Gasteiger partial charge in [-0.05, 0) is 92.1 Å². The molecular weight excluding hydrogens is 637 g/mol. The van der Waals surface area contributed by atoms with Gasteiger partial charge in [0.15, 0.2) is 5.75 Å². The third kappa shape index (κ3) is 8.05. The van der Waals surface area contributed by atoms with Crippen LogP contribution >= 0.6 is 34.8 Å². The van der Waals surface area contributed by atoms with Gasteiger partial charge < -0.3 is 29.4 Å². The van der Waals surface area contributed by atoms with Crippen molar-refractivity contribution in [1.29, 1.82) is 0 Å². The SMILES string of the molecule is COCCc1ccc(Cl)c(CN(C(=O)[C@H]2CNCC[C@]2(O)c2ccn(CCCOc3c(Cl)cc(C)cc3Cl)c(=O)c2)C2CC2)c1. The predicted molar refractivity (Wildman–Crippen MR) is 177 cm³/mol. The summed E-state index contributed by atoms with van der Waals surface area (Å²) < 4.78 is 12.6. The van der Waals surface area contributed by atoms with Gasteiger partial charge in [0.05, 0.1) is 29.2 Å². The first-order valence-corrected chi connectivity index (χ1v) is 16.5. The van der Waals surface area contributed by atoms with E-state index in [4.69, 9.17) is 44.3 Å². The average Bonchev–Trinajstić information content (AvgIpc) is 3.85. The van der Waals surface area contributed by atoms with Crippen LogP contribution in [-0.4, -0.2) is 59.9 Å². The molecule has 1 aliphatic carbocycles. The van der Waals surface area contributed by atoms with Crippen molar-refractivity contribution >= 4 is 40.7 Å². The van der Waals surface area contributed by atoms with Gasteiger partial charge in [0.1, 0.15) is 5.60 Å². The van der Waals surface area contributed by atoms with Crippen LogP contribution in [0, 0.1) is 12.8 Å². The third-order valence-corrected chi connectivity index (χ3v) is 9.58. The summed E-state index contributed by atoms with van der Waals surface area (Å²) in [6.07, 6.45) is 5.10. The summed E-state index contributed by atoms with van der Waals surface area (Å²) in [5.74, 6) is -0.466. The molecule has 1 amide bonds. The van der Waals surface area contributed by atoms with Crippen LogP contribution in [0.15, 0.2) is 53.5 Å². The number of amides is 1. The normalized spacial score (nSPS) is 19.8. The Morgan fingerprint density at radius 1 is 1.09 bits per heavy atom. The number of carbonyl (C=O) groups is 1. The van der Waals surface area contributed by atoms with Crippen molar-refractivity contribution in [1.82, 2.24) is 14.8 Å². The fourth-order valence-electron chi connectivity index (χ4n) is 5.98. The largest absolute Gasteiger partial charge is 0.490 e. The van der Waals surface area contributed by atoms with E-state index in [-0.39, 0.29) is 17.5 Å². The number of methoxy groups -OCH3 is 1. The molecule has 2 heterocycles. The van der Waals surface area contributed by atoms with Crippen molar-refractivity contribution in [2.45, 2.75) is 63.8 Å². The molecule has 2 aromatic carbocycles. The highest BCUT2D eigenvalue weighted by molar-refractivity contribution is 6.37. The Kier molecular flexibility index (Phi) is 11.2. The lowest BCUT2D eigenvalue weighted by molar-refractivity contribution is -0.150. The number of ether oxygens (including phenoxy) is 2. The van der Waals surface area contributed by atoms with Crippen LogP contribution in [-0.2, 0) is 34.6 Å². The summed E-state index contributed by atoms with van der Waals surface area (Å²) in [5, 5.41) is 16.9. The number of piperidine rings is 1. The first kappa shape index (κ1) is 33.8. The molecule has 0 spiro atoms. The second-order valence-corrected chi connectivity index (χ2v) is 13.2. The van der Waals surface area contributed by atoms with E-state index in [0.29, 0.717) is 78.6 Å². The lowest BCUT2D eigenvalue weighted by Crippen LogP contribution is -2.55. The average molecular weight is 677 g/mol. The highest BCUT2D eigenvalue weighted by Crippen LogP contribution is 2.39. The van der Waals surface area contributed by atoms with Gasteiger partial charge in [0.25, 0.3) is 5.56 Å². The number of hydrogen-bond donors (Lipinski definition) is 2. The number of halogens is 3. The van der Waals surface area contributed by atoms with Crippen LogP contribution < -0.4 is 15.6 Å². The van der Waals surface area contributed by atoms with Crippen molar-refractivity contribution in [3.63, 3.8) is 0 Å². The van der Waals surface area contributed by atoms with Gasteiger partial charge in [-0.15, -0.1) is 0 Å². The van der Waals surface area contributed by atoms with Crippen LogP contribution in [0.1, 0.15) is 47.9 Å².